The van der Waals surface area contributed by atoms with Gasteiger partial charge in [-0.3, -0.25) is 9.52 Å². The zero-order valence-corrected chi connectivity index (χ0v) is 23.1. The van der Waals surface area contributed by atoms with Gasteiger partial charge in [-0.05, 0) is 110 Å². The SMILES string of the molecule is COc1cc(C)c([C@@H](C)NC(=O)c2ccc(C)c(S(=O)(=O)Nc3ccc(C)c(C)c3)c2)cc1C(C)C. The van der Waals surface area contributed by atoms with E-state index in [0.717, 1.165) is 33.6 Å². The molecule has 0 heterocycles. The van der Waals surface area contributed by atoms with E-state index < -0.39 is 10.0 Å². The maximum atomic E-state index is 13.2. The largest absolute Gasteiger partial charge is 0.496 e. The first-order chi connectivity index (χ1) is 16.8. The first-order valence-electron chi connectivity index (χ1n) is 12.0. The van der Waals surface area contributed by atoms with Gasteiger partial charge in [0.25, 0.3) is 15.9 Å². The van der Waals surface area contributed by atoms with Crippen LogP contribution in [0, 0.1) is 27.7 Å². The van der Waals surface area contributed by atoms with Gasteiger partial charge in [0.05, 0.1) is 18.0 Å². The number of ether oxygens (including phenoxy) is 1. The fraction of sp³-hybridized carbons (Fsp3) is 0.345. The molecule has 2 N–H and O–H groups in total. The van der Waals surface area contributed by atoms with Crippen molar-refractivity contribution in [2.45, 2.75) is 65.3 Å². The molecule has 0 saturated carbocycles. The molecule has 0 aliphatic carbocycles. The maximum absolute atomic E-state index is 13.2. The van der Waals surface area contributed by atoms with Crippen molar-refractivity contribution in [1.82, 2.24) is 5.32 Å². The summed E-state index contributed by atoms with van der Waals surface area (Å²) in [6, 6.07) is 13.9. The summed E-state index contributed by atoms with van der Waals surface area (Å²) in [5, 5.41) is 3.02. The van der Waals surface area contributed by atoms with Gasteiger partial charge in [0, 0.05) is 11.3 Å². The third-order valence-corrected chi connectivity index (χ3v) is 8.08. The minimum absolute atomic E-state index is 0.0729. The fourth-order valence-corrected chi connectivity index (χ4v) is 5.54. The standard InChI is InChI=1S/C29H36N2O4S/c1-17(2)25-16-26(21(6)14-27(25)35-8)22(7)30-29(32)23-11-9-19(4)28(15-23)36(33,34)31-24-12-10-18(3)20(5)13-24/h9-17,22,31H,1-8H3,(H,30,32)/t22-/m1/s1. The van der Waals surface area contributed by atoms with Gasteiger partial charge in [0.15, 0.2) is 0 Å². The lowest BCUT2D eigenvalue weighted by Gasteiger charge is -2.21. The number of carbonyl (C=O) groups is 1. The van der Waals surface area contributed by atoms with Crippen LogP contribution >= 0.6 is 0 Å². The van der Waals surface area contributed by atoms with E-state index >= 15 is 0 Å². The molecule has 0 saturated heterocycles. The van der Waals surface area contributed by atoms with E-state index in [2.05, 4.69) is 30.0 Å². The normalized spacial score (nSPS) is 12.4. The van der Waals surface area contributed by atoms with Gasteiger partial charge in [-0.25, -0.2) is 8.42 Å². The molecule has 192 valence electrons. The molecular formula is C29H36N2O4S. The highest BCUT2D eigenvalue weighted by molar-refractivity contribution is 7.92. The van der Waals surface area contributed by atoms with Crippen LogP contribution in [-0.4, -0.2) is 21.4 Å². The quantitative estimate of drug-likeness (QED) is 0.372. The molecule has 0 unspecified atom stereocenters. The summed E-state index contributed by atoms with van der Waals surface area (Å²) in [5.74, 6) is 0.748. The number of rotatable bonds is 8. The summed E-state index contributed by atoms with van der Waals surface area (Å²) in [5.41, 5.74) is 6.46. The van der Waals surface area contributed by atoms with E-state index in [1.165, 1.54) is 6.07 Å². The van der Waals surface area contributed by atoms with Crippen LogP contribution < -0.4 is 14.8 Å². The average molecular weight is 509 g/mol. The number of amides is 1. The Labute approximate surface area is 215 Å². The van der Waals surface area contributed by atoms with E-state index in [0.29, 0.717) is 11.3 Å². The summed E-state index contributed by atoms with van der Waals surface area (Å²) in [4.78, 5) is 13.2. The first kappa shape index (κ1) is 27.3. The number of sulfonamides is 1. The van der Waals surface area contributed by atoms with Crippen molar-refractivity contribution in [3.05, 3.63) is 87.5 Å². The molecule has 0 radical (unpaired) electrons. The lowest BCUT2D eigenvalue weighted by molar-refractivity contribution is 0.0939. The molecule has 36 heavy (non-hydrogen) atoms. The Morgan fingerprint density at radius 1 is 0.806 bits per heavy atom. The second kappa shape index (κ2) is 10.7. The van der Waals surface area contributed by atoms with Crippen molar-refractivity contribution >= 4 is 21.6 Å². The lowest BCUT2D eigenvalue weighted by atomic mass is 9.93. The topological polar surface area (TPSA) is 84.5 Å². The number of carbonyl (C=O) groups excluding carboxylic acids is 1. The predicted octanol–water partition coefficient (Wildman–Crippen LogP) is 6.34. The van der Waals surface area contributed by atoms with Crippen molar-refractivity contribution in [2.75, 3.05) is 11.8 Å². The third kappa shape index (κ3) is 5.90. The molecule has 0 bridgehead atoms. The van der Waals surface area contributed by atoms with Gasteiger partial charge in [-0.15, -0.1) is 0 Å². The van der Waals surface area contributed by atoms with Crippen LogP contribution in [0.1, 0.15) is 76.5 Å². The zero-order chi connectivity index (χ0) is 26.8. The molecule has 6 nitrogen and oxygen atoms in total. The lowest BCUT2D eigenvalue weighted by Crippen LogP contribution is -2.27. The number of hydrogen-bond donors (Lipinski definition) is 2. The zero-order valence-electron chi connectivity index (χ0n) is 22.3. The van der Waals surface area contributed by atoms with Gasteiger partial charge in [-0.1, -0.05) is 26.0 Å². The number of aryl methyl sites for hydroxylation is 4. The highest BCUT2D eigenvalue weighted by atomic mass is 32.2. The molecule has 3 rings (SSSR count). The number of benzene rings is 3. The van der Waals surface area contributed by atoms with Gasteiger partial charge in [0.1, 0.15) is 5.75 Å². The van der Waals surface area contributed by atoms with Gasteiger partial charge in [-0.2, -0.15) is 0 Å². The molecule has 3 aromatic carbocycles. The van der Waals surface area contributed by atoms with Gasteiger partial charge >= 0.3 is 0 Å². The number of hydrogen-bond acceptors (Lipinski definition) is 4. The van der Waals surface area contributed by atoms with Crippen LogP contribution in [0.25, 0.3) is 0 Å². The highest BCUT2D eigenvalue weighted by Gasteiger charge is 2.22. The maximum Gasteiger partial charge on any atom is 0.262 e. The summed E-state index contributed by atoms with van der Waals surface area (Å²) in [7, 11) is -2.23. The molecule has 7 heteroatoms. The van der Waals surface area contributed by atoms with Crippen molar-refractivity contribution in [2.24, 2.45) is 0 Å². The van der Waals surface area contributed by atoms with Crippen molar-refractivity contribution in [3.63, 3.8) is 0 Å². The Bertz CT molecular complexity index is 1390. The fourth-order valence-electron chi connectivity index (χ4n) is 4.21. The molecule has 3 aromatic rings. The Balaban J connectivity index is 1.87. The van der Waals surface area contributed by atoms with Crippen molar-refractivity contribution < 1.29 is 17.9 Å². The predicted molar refractivity (Wildman–Crippen MR) is 146 cm³/mol. The summed E-state index contributed by atoms with van der Waals surface area (Å²) >= 11 is 0. The summed E-state index contributed by atoms with van der Waals surface area (Å²) in [6.07, 6.45) is 0. The van der Waals surface area contributed by atoms with E-state index in [1.54, 1.807) is 38.3 Å². The Hall–Kier alpha value is -3.32. The molecule has 0 fully saturated rings. The molecule has 1 atom stereocenters. The Morgan fingerprint density at radius 3 is 2.08 bits per heavy atom. The van der Waals surface area contributed by atoms with Crippen molar-refractivity contribution in [3.8, 4) is 5.75 Å². The molecule has 0 spiro atoms. The minimum atomic E-state index is -3.88. The number of nitrogens with one attached hydrogen (secondary N) is 2. The van der Waals surface area contributed by atoms with Crippen LogP contribution in [-0.2, 0) is 10.0 Å². The third-order valence-electron chi connectivity index (χ3n) is 6.55. The van der Waals surface area contributed by atoms with Crippen LogP contribution in [0.3, 0.4) is 0 Å². The Kier molecular flexibility index (Phi) is 8.14. The van der Waals surface area contributed by atoms with Crippen LogP contribution in [0.4, 0.5) is 5.69 Å². The molecular weight excluding hydrogens is 472 g/mol. The molecule has 1 amide bonds. The van der Waals surface area contributed by atoms with E-state index in [9.17, 15) is 13.2 Å². The minimum Gasteiger partial charge on any atom is -0.496 e. The second-order valence-electron chi connectivity index (χ2n) is 9.69. The van der Waals surface area contributed by atoms with Crippen molar-refractivity contribution in [1.29, 1.82) is 0 Å². The number of methoxy groups -OCH3 is 1. The van der Waals surface area contributed by atoms with Crippen LogP contribution in [0.15, 0.2) is 53.4 Å². The van der Waals surface area contributed by atoms with Gasteiger partial charge in [0.2, 0.25) is 0 Å². The van der Waals surface area contributed by atoms with E-state index in [1.807, 2.05) is 39.8 Å². The summed E-state index contributed by atoms with van der Waals surface area (Å²) < 4.78 is 34.6. The van der Waals surface area contributed by atoms with Crippen LogP contribution in [0.5, 0.6) is 5.75 Å². The smallest absolute Gasteiger partial charge is 0.262 e. The molecule has 0 aliphatic heterocycles. The van der Waals surface area contributed by atoms with E-state index in [4.69, 9.17) is 4.74 Å². The summed E-state index contributed by atoms with van der Waals surface area (Å²) in [6.45, 7) is 13.7. The second-order valence-corrected chi connectivity index (χ2v) is 11.3. The van der Waals surface area contributed by atoms with Gasteiger partial charge < -0.3 is 10.1 Å². The van der Waals surface area contributed by atoms with Crippen LogP contribution in [0.2, 0.25) is 0 Å². The monoisotopic (exact) mass is 508 g/mol. The first-order valence-corrected chi connectivity index (χ1v) is 13.5. The molecule has 0 aliphatic rings. The highest BCUT2D eigenvalue weighted by Crippen LogP contribution is 2.32. The molecule has 0 aromatic heterocycles. The Morgan fingerprint density at radius 2 is 1.47 bits per heavy atom. The average Bonchev–Trinajstić information content (AvgIpc) is 2.80. The number of anilines is 1. The van der Waals surface area contributed by atoms with E-state index in [-0.39, 0.29) is 28.3 Å².